The normalized spacial score (nSPS) is 29.7. The Bertz CT molecular complexity index is 478. The van der Waals surface area contributed by atoms with Gasteiger partial charge in [0.2, 0.25) is 0 Å². The predicted octanol–water partition coefficient (Wildman–Crippen LogP) is 3.55. The number of rotatable bonds is 1. The van der Waals surface area contributed by atoms with Crippen LogP contribution in [0.25, 0.3) is 0 Å². The summed E-state index contributed by atoms with van der Waals surface area (Å²) in [6.07, 6.45) is 19.6. The molecule has 0 saturated heterocycles. The lowest BCUT2D eigenvalue weighted by atomic mass is 10.2. The van der Waals surface area contributed by atoms with Gasteiger partial charge in [-0.25, -0.2) is 4.79 Å². The van der Waals surface area contributed by atoms with Gasteiger partial charge >= 0.3 is 5.97 Å². The average molecular weight is 242 g/mol. The summed E-state index contributed by atoms with van der Waals surface area (Å²) in [5.41, 5.74) is 0.0776. The fourth-order valence-electron chi connectivity index (χ4n) is 1.06. The largest absolute Gasteiger partial charge is 0.478 e. The maximum absolute atomic E-state index is 10.9. The molecule has 18 heavy (non-hydrogen) atoms. The molecule has 0 atom stereocenters. The van der Waals surface area contributed by atoms with E-state index in [1.807, 2.05) is 36.5 Å². The number of aliphatic carboxylic acids is 1. The Labute approximate surface area is 106 Å². The molecule has 1 aliphatic rings. The smallest absolute Gasteiger partial charge is 0.337 e. The van der Waals surface area contributed by atoms with Crippen LogP contribution < -0.4 is 0 Å². The van der Waals surface area contributed by atoms with Gasteiger partial charge in [0.05, 0.1) is 11.8 Å². The van der Waals surface area contributed by atoms with Crippen molar-refractivity contribution >= 4 is 5.97 Å². The van der Waals surface area contributed by atoms with Crippen molar-refractivity contribution in [1.29, 1.82) is 0 Å². The minimum absolute atomic E-state index is 0.0776. The lowest BCUT2D eigenvalue weighted by Crippen LogP contribution is -1.96. The molecular weight excluding hydrogens is 228 g/mol. The molecule has 92 valence electrons. The van der Waals surface area contributed by atoms with Crippen LogP contribution >= 0.6 is 0 Å². The Morgan fingerprint density at radius 2 is 1.72 bits per heavy atom. The molecule has 4 heteroatoms. The van der Waals surface area contributed by atoms with Crippen LogP contribution in [0.5, 0.6) is 0 Å². The molecule has 0 amide bonds. The highest BCUT2D eigenvalue weighted by Gasteiger charge is 2.00. The molecule has 0 aromatic carbocycles. The van der Waals surface area contributed by atoms with Crippen molar-refractivity contribution in [3.05, 3.63) is 72.7 Å². The minimum Gasteiger partial charge on any atom is -0.478 e. The summed E-state index contributed by atoms with van der Waals surface area (Å²) in [6.45, 7) is 0. The Balaban J connectivity index is 2.89. The standard InChI is InChI=1S/C14H14N2O2/c17-14(18)13-10-8-6-4-2-1-3-5-7-9-11-15-16-12-13/h1-6,8-12H,7H2,(H,17,18)/b2-1+,5-3+,6-4-,10-8+,11-9+,13-12-,16-15-. The predicted molar refractivity (Wildman–Crippen MR) is 70.9 cm³/mol. The molecule has 0 spiro atoms. The summed E-state index contributed by atoms with van der Waals surface area (Å²) in [5, 5.41) is 16.3. The summed E-state index contributed by atoms with van der Waals surface area (Å²) in [7, 11) is 0. The maximum atomic E-state index is 10.9. The monoisotopic (exact) mass is 242 g/mol. The van der Waals surface area contributed by atoms with Crippen molar-refractivity contribution in [2.24, 2.45) is 10.2 Å². The number of nitrogens with zero attached hydrogens (tertiary/aromatic N) is 2. The van der Waals surface area contributed by atoms with Gasteiger partial charge in [-0.1, -0.05) is 48.6 Å². The van der Waals surface area contributed by atoms with E-state index >= 15 is 0 Å². The summed E-state index contributed by atoms with van der Waals surface area (Å²) in [6, 6.07) is 0. The highest BCUT2D eigenvalue weighted by Crippen LogP contribution is 2.00. The van der Waals surface area contributed by atoms with Crippen molar-refractivity contribution < 1.29 is 9.90 Å². The molecule has 0 radical (unpaired) electrons. The van der Waals surface area contributed by atoms with Gasteiger partial charge < -0.3 is 5.11 Å². The van der Waals surface area contributed by atoms with Gasteiger partial charge in [0.15, 0.2) is 0 Å². The van der Waals surface area contributed by atoms with Gasteiger partial charge in [-0.2, -0.15) is 10.2 Å². The number of carbonyl (C=O) groups is 1. The SMILES string of the molecule is O=C(O)C1=C\N=N/C=C/C/C=C/C=C/C=C\C=C\1. The third-order valence-corrected chi connectivity index (χ3v) is 1.92. The zero-order valence-corrected chi connectivity index (χ0v) is 9.81. The molecule has 4 nitrogen and oxygen atoms in total. The van der Waals surface area contributed by atoms with Gasteiger partial charge in [0, 0.05) is 6.20 Å². The fourth-order valence-corrected chi connectivity index (χ4v) is 1.06. The van der Waals surface area contributed by atoms with Crippen LogP contribution in [0.1, 0.15) is 6.42 Å². The van der Waals surface area contributed by atoms with E-state index in [1.54, 1.807) is 12.2 Å². The molecule has 0 aromatic rings. The second-order valence-corrected chi connectivity index (χ2v) is 3.30. The number of hydrogen-bond donors (Lipinski definition) is 1. The Morgan fingerprint density at radius 3 is 2.50 bits per heavy atom. The molecular formula is C14H14N2O2. The molecule has 1 heterocycles. The summed E-state index contributed by atoms with van der Waals surface area (Å²) < 4.78 is 0. The summed E-state index contributed by atoms with van der Waals surface area (Å²) in [4.78, 5) is 10.9. The first kappa shape index (κ1) is 13.6. The highest BCUT2D eigenvalue weighted by molar-refractivity contribution is 5.89. The molecule has 0 aromatic heterocycles. The zero-order chi connectivity index (χ0) is 13.1. The highest BCUT2D eigenvalue weighted by atomic mass is 16.4. The van der Waals surface area contributed by atoms with Crippen LogP contribution in [0.2, 0.25) is 0 Å². The molecule has 0 aliphatic carbocycles. The first-order chi connectivity index (χ1) is 8.80. The second kappa shape index (κ2) is 8.64. The molecule has 0 fully saturated rings. The number of carboxylic acids is 1. The third-order valence-electron chi connectivity index (χ3n) is 1.92. The second-order valence-electron chi connectivity index (χ2n) is 3.30. The van der Waals surface area contributed by atoms with Crippen LogP contribution in [0.3, 0.4) is 0 Å². The molecule has 0 saturated carbocycles. The van der Waals surface area contributed by atoms with Crippen LogP contribution in [0.15, 0.2) is 82.9 Å². The molecule has 0 bridgehead atoms. The van der Waals surface area contributed by atoms with Crippen LogP contribution in [-0.4, -0.2) is 11.1 Å². The maximum Gasteiger partial charge on any atom is 0.337 e. The van der Waals surface area contributed by atoms with E-state index in [0.717, 1.165) is 6.42 Å². The third kappa shape index (κ3) is 6.17. The van der Waals surface area contributed by atoms with Crippen molar-refractivity contribution in [3.8, 4) is 0 Å². The Morgan fingerprint density at radius 1 is 1.00 bits per heavy atom. The van der Waals surface area contributed by atoms with E-state index in [0.29, 0.717) is 0 Å². The summed E-state index contributed by atoms with van der Waals surface area (Å²) in [5.74, 6) is -1.04. The van der Waals surface area contributed by atoms with E-state index in [4.69, 9.17) is 5.11 Å². The van der Waals surface area contributed by atoms with Gasteiger partial charge in [-0.15, -0.1) is 0 Å². The molecule has 1 rings (SSSR count). The quantitative estimate of drug-likeness (QED) is 0.764. The molecule has 1 N–H and O–H groups in total. The van der Waals surface area contributed by atoms with Crippen LogP contribution in [0, 0.1) is 0 Å². The van der Waals surface area contributed by atoms with Crippen LogP contribution in [0.4, 0.5) is 0 Å². The Kier molecular flexibility index (Phi) is 6.51. The summed E-state index contributed by atoms with van der Waals surface area (Å²) >= 11 is 0. The topological polar surface area (TPSA) is 62.0 Å². The minimum atomic E-state index is -1.04. The van der Waals surface area contributed by atoms with Crippen molar-refractivity contribution in [2.45, 2.75) is 6.42 Å². The van der Waals surface area contributed by atoms with Crippen LogP contribution in [-0.2, 0) is 4.79 Å². The number of allylic oxidation sites excluding steroid dienone is 8. The van der Waals surface area contributed by atoms with Gasteiger partial charge in [0.1, 0.15) is 0 Å². The van der Waals surface area contributed by atoms with E-state index in [-0.39, 0.29) is 5.57 Å². The first-order valence-electron chi connectivity index (χ1n) is 5.45. The molecule has 1 aliphatic heterocycles. The molecule has 0 unspecified atom stereocenters. The average Bonchev–Trinajstić information content (AvgIpc) is 2.36. The lowest BCUT2D eigenvalue weighted by Gasteiger charge is -1.89. The lowest BCUT2D eigenvalue weighted by molar-refractivity contribution is -0.132. The zero-order valence-electron chi connectivity index (χ0n) is 9.81. The van der Waals surface area contributed by atoms with Crippen molar-refractivity contribution in [3.63, 3.8) is 0 Å². The van der Waals surface area contributed by atoms with E-state index in [2.05, 4.69) is 10.2 Å². The number of carboxylic acid groups (broad SMARTS) is 1. The van der Waals surface area contributed by atoms with E-state index in [9.17, 15) is 4.79 Å². The van der Waals surface area contributed by atoms with Gasteiger partial charge in [0.25, 0.3) is 0 Å². The number of azo groups is 1. The number of hydrogen-bond acceptors (Lipinski definition) is 3. The van der Waals surface area contributed by atoms with Crippen molar-refractivity contribution in [2.75, 3.05) is 0 Å². The van der Waals surface area contributed by atoms with Gasteiger partial charge in [-0.3, -0.25) is 0 Å². The van der Waals surface area contributed by atoms with E-state index < -0.39 is 5.97 Å². The fraction of sp³-hybridized carbons (Fsp3) is 0.0714. The van der Waals surface area contributed by atoms with Crippen molar-refractivity contribution in [1.82, 2.24) is 0 Å². The Hall–Kier alpha value is -2.49. The first-order valence-corrected chi connectivity index (χ1v) is 5.45. The van der Waals surface area contributed by atoms with E-state index in [1.165, 1.54) is 18.5 Å². The van der Waals surface area contributed by atoms with Gasteiger partial charge in [-0.05, 0) is 12.5 Å².